The Bertz CT molecular complexity index is 725. The lowest BCUT2D eigenvalue weighted by molar-refractivity contribution is -0.160. The highest BCUT2D eigenvalue weighted by Gasteiger charge is 2.48. The minimum atomic E-state index is -2.91. The van der Waals surface area contributed by atoms with Crippen LogP contribution in [0.3, 0.4) is 0 Å². The van der Waals surface area contributed by atoms with E-state index in [0.29, 0.717) is 11.1 Å². The van der Waals surface area contributed by atoms with Gasteiger partial charge in [0.2, 0.25) is 5.60 Å². The first-order valence-electron chi connectivity index (χ1n) is 7.41. The van der Waals surface area contributed by atoms with Gasteiger partial charge in [-0.25, -0.2) is 4.79 Å². The van der Waals surface area contributed by atoms with Crippen molar-refractivity contribution in [1.82, 2.24) is 0 Å². The zero-order valence-electron chi connectivity index (χ0n) is 13.1. The van der Waals surface area contributed by atoms with Gasteiger partial charge in [0, 0.05) is 0 Å². The Labute approximate surface area is 144 Å². The summed E-state index contributed by atoms with van der Waals surface area (Å²) in [6.07, 6.45) is -0.338. The number of carboxylic acids is 1. The van der Waals surface area contributed by atoms with Crippen LogP contribution in [0.15, 0.2) is 72.2 Å². The number of hydrogen-bond donors (Lipinski definition) is 5. The Balaban J connectivity index is 2.52. The Morgan fingerprint density at radius 3 is 1.48 bits per heavy atom. The molecule has 6 heteroatoms. The molecule has 5 N–H and O–H groups in total. The van der Waals surface area contributed by atoms with Crippen LogP contribution in [0.25, 0.3) is 12.2 Å². The van der Waals surface area contributed by atoms with Crippen molar-refractivity contribution in [2.24, 2.45) is 0 Å². The molecular formula is C19H18O6. The summed E-state index contributed by atoms with van der Waals surface area (Å²) in [5, 5.41) is 50.1. The van der Waals surface area contributed by atoms with Crippen LogP contribution in [0.2, 0.25) is 0 Å². The van der Waals surface area contributed by atoms with Gasteiger partial charge in [0.1, 0.15) is 11.5 Å². The summed E-state index contributed by atoms with van der Waals surface area (Å²) in [4.78, 5) is 11.2. The molecule has 130 valence electrons. The Kier molecular flexibility index (Phi) is 5.59. The fourth-order valence-corrected chi connectivity index (χ4v) is 2.22. The Morgan fingerprint density at radius 2 is 1.16 bits per heavy atom. The van der Waals surface area contributed by atoms with E-state index < -0.39 is 29.2 Å². The molecular weight excluding hydrogens is 324 g/mol. The lowest BCUT2D eigenvalue weighted by Gasteiger charge is -2.29. The maximum Gasteiger partial charge on any atom is 0.336 e. The first-order valence-corrected chi connectivity index (χ1v) is 7.41. The number of carboxylic acid groups (broad SMARTS) is 1. The van der Waals surface area contributed by atoms with Gasteiger partial charge in [0.05, 0.1) is 0 Å². The predicted molar refractivity (Wildman–Crippen MR) is 92.7 cm³/mol. The first-order chi connectivity index (χ1) is 11.9. The highest BCUT2D eigenvalue weighted by atomic mass is 16.4. The van der Waals surface area contributed by atoms with E-state index in [1.807, 2.05) is 0 Å². The molecule has 0 unspecified atom stereocenters. The van der Waals surface area contributed by atoms with Crippen LogP contribution >= 0.6 is 0 Å². The van der Waals surface area contributed by atoms with E-state index in [9.17, 15) is 25.2 Å². The average molecular weight is 342 g/mol. The van der Waals surface area contributed by atoms with Crippen molar-refractivity contribution in [2.75, 3.05) is 0 Å². The van der Waals surface area contributed by atoms with Crippen molar-refractivity contribution in [1.29, 1.82) is 0 Å². The van der Waals surface area contributed by atoms with Crippen molar-refractivity contribution >= 4 is 18.1 Å². The summed E-state index contributed by atoms with van der Waals surface area (Å²) in [5.74, 6) is -3.61. The van der Waals surface area contributed by atoms with Crippen molar-refractivity contribution in [3.05, 3.63) is 83.3 Å². The number of aliphatic carboxylic acids is 1. The molecule has 6 nitrogen and oxygen atoms in total. The molecule has 1 atom stereocenters. The fraction of sp³-hybridized carbons (Fsp3) is 0.105. The van der Waals surface area contributed by atoms with E-state index in [1.165, 1.54) is 0 Å². The van der Waals surface area contributed by atoms with Crippen molar-refractivity contribution in [3.8, 4) is 0 Å². The molecule has 0 saturated heterocycles. The molecule has 0 heterocycles. The summed E-state index contributed by atoms with van der Waals surface area (Å²) in [7, 11) is 0. The van der Waals surface area contributed by atoms with E-state index in [2.05, 4.69) is 0 Å². The number of aliphatic hydroxyl groups is 4. The van der Waals surface area contributed by atoms with Crippen molar-refractivity contribution < 1.29 is 30.3 Å². The van der Waals surface area contributed by atoms with Crippen LogP contribution < -0.4 is 0 Å². The molecule has 0 bridgehead atoms. The second kappa shape index (κ2) is 7.65. The molecule has 0 aromatic heterocycles. The summed E-state index contributed by atoms with van der Waals surface area (Å²) in [6, 6.07) is 16.6. The zero-order valence-corrected chi connectivity index (χ0v) is 13.1. The number of carbonyl (C=O) groups is 1. The second-order valence-electron chi connectivity index (χ2n) is 5.39. The smallest absolute Gasteiger partial charge is 0.336 e. The molecule has 2 aromatic rings. The Morgan fingerprint density at radius 1 is 0.800 bits per heavy atom. The molecule has 0 saturated carbocycles. The van der Waals surface area contributed by atoms with Crippen LogP contribution in [0.5, 0.6) is 0 Å². The first kappa shape index (κ1) is 18.3. The number of rotatable bonds is 6. The van der Waals surface area contributed by atoms with Crippen LogP contribution in [0, 0.1) is 0 Å². The van der Waals surface area contributed by atoms with Gasteiger partial charge in [-0.15, -0.1) is 0 Å². The maximum atomic E-state index is 11.2. The predicted octanol–water partition coefficient (Wildman–Crippen LogP) is 2.36. The third-order valence-corrected chi connectivity index (χ3v) is 3.62. The molecule has 25 heavy (non-hydrogen) atoms. The SMILES string of the molecule is O=C(O)[C@H](O)C(O)(C(O)=Cc1ccccc1)C(O)=Cc1ccccc1. The van der Waals surface area contributed by atoms with E-state index in [-0.39, 0.29) is 0 Å². The van der Waals surface area contributed by atoms with E-state index >= 15 is 0 Å². The van der Waals surface area contributed by atoms with Gasteiger partial charge < -0.3 is 25.5 Å². The quantitative estimate of drug-likeness (QED) is 0.514. The maximum absolute atomic E-state index is 11.2. The fourth-order valence-electron chi connectivity index (χ4n) is 2.22. The zero-order chi connectivity index (χ0) is 18.4. The third kappa shape index (κ3) is 4.06. The molecule has 0 spiro atoms. The van der Waals surface area contributed by atoms with Gasteiger partial charge in [-0.1, -0.05) is 60.7 Å². The minimum Gasteiger partial charge on any atom is -0.509 e. The number of hydrogen-bond acceptors (Lipinski definition) is 5. The van der Waals surface area contributed by atoms with E-state index in [4.69, 9.17) is 5.11 Å². The standard InChI is InChI=1S/C19H18O6/c20-15(11-13-7-3-1-4-8-13)19(25,17(22)18(23)24)16(21)12-14-9-5-2-6-10-14/h1-12,17,20-22,25H,(H,23,24)/t17-,19?/m0/s1. The second-order valence-corrected chi connectivity index (χ2v) is 5.39. The summed E-state index contributed by atoms with van der Waals surface area (Å²) < 4.78 is 0. The van der Waals surface area contributed by atoms with Crippen LogP contribution in [-0.2, 0) is 4.79 Å². The Hall–Kier alpha value is -3.09. The van der Waals surface area contributed by atoms with Crippen molar-refractivity contribution in [3.63, 3.8) is 0 Å². The van der Waals surface area contributed by atoms with Crippen LogP contribution in [0.4, 0.5) is 0 Å². The molecule has 0 aliphatic heterocycles. The van der Waals surface area contributed by atoms with E-state index in [0.717, 1.165) is 12.2 Å². The summed E-state index contributed by atoms with van der Waals surface area (Å²) >= 11 is 0. The molecule has 0 amide bonds. The lowest BCUT2D eigenvalue weighted by atomic mass is 9.89. The lowest BCUT2D eigenvalue weighted by Crippen LogP contribution is -2.50. The van der Waals surface area contributed by atoms with Crippen molar-refractivity contribution in [2.45, 2.75) is 11.7 Å². The highest BCUT2D eigenvalue weighted by molar-refractivity contribution is 5.77. The van der Waals surface area contributed by atoms with Gasteiger partial charge in [-0.05, 0) is 23.3 Å². The molecule has 0 radical (unpaired) electrons. The third-order valence-electron chi connectivity index (χ3n) is 3.62. The molecule has 2 rings (SSSR count). The van der Waals surface area contributed by atoms with Gasteiger partial charge in [0.25, 0.3) is 0 Å². The average Bonchev–Trinajstić information content (AvgIpc) is 2.61. The monoisotopic (exact) mass is 342 g/mol. The molecule has 2 aromatic carbocycles. The van der Waals surface area contributed by atoms with Gasteiger partial charge in [-0.2, -0.15) is 0 Å². The minimum absolute atomic E-state index is 0.448. The normalized spacial score (nSPS) is 16.1. The molecule has 0 fully saturated rings. The number of aliphatic hydroxyl groups excluding tert-OH is 3. The van der Waals surface area contributed by atoms with Gasteiger partial charge in [0.15, 0.2) is 6.10 Å². The largest absolute Gasteiger partial charge is 0.509 e. The van der Waals surface area contributed by atoms with Crippen LogP contribution in [0.1, 0.15) is 11.1 Å². The summed E-state index contributed by atoms with van der Waals surface area (Å²) in [6.45, 7) is 0. The van der Waals surface area contributed by atoms with Gasteiger partial charge in [-0.3, -0.25) is 0 Å². The van der Waals surface area contributed by atoms with Gasteiger partial charge >= 0.3 is 5.97 Å². The molecule has 0 aliphatic rings. The highest BCUT2D eigenvalue weighted by Crippen LogP contribution is 2.30. The molecule has 0 aliphatic carbocycles. The topological polar surface area (TPSA) is 118 Å². The number of benzene rings is 2. The van der Waals surface area contributed by atoms with Crippen LogP contribution in [-0.4, -0.2) is 43.2 Å². The summed E-state index contributed by atoms with van der Waals surface area (Å²) in [5.41, 5.74) is -2.01. The van der Waals surface area contributed by atoms with E-state index in [1.54, 1.807) is 60.7 Å².